The third-order valence-corrected chi connectivity index (χ3v) is 8.55. The summed E-state index contributed by atoms with van der Waals surface area (Å²) < 4.78 is 27.6. The van der Waals surface area contributed by atoms with Crippen LogP contribution < -0.4 is 20.3 Å². The second-order valence-corrected chi connectivity index (χ2v) is 11.5. The molecule has 1 saturated heterocycles. The van der Waals surface area contributed by atoms with Crippen LogP contribution in [0.1, 0.15) is 0 Å². The highest BCUT2D eigenvalue weighted by atomic mass is 16.7. The summed E-state index contributed by atoms with van der Waals surface area (Å²) in [6.45, 7) is -0.778. The van der Waals surface area contributed by atoms with Gasteiger partial charge in [-0.2, -0.15) is 0 Å². The summed E-state index contributed by atoms with van der Waals surface area (Å²) in [7, 11) is 1.30. The number of methoxy groups -OCH3 is 1. The summed E-state index contributed by atoms with van der Waals surface area (Å²) in [6.07, 6.45) is -8.57. The van der Waals surface area contributed by atoms with Crippen LogP contribution in [0.5, 0.6) is 46.0 Å². The molecule has 7 rings (SSSR count). The van der Waals surface area contributed by atoms with E-state index in [9.17, 15) is 60.7 Å². The molecule has 0 bridgehead atoms. The lowest BCUT2D eigenvalue weighted by molar-refractivity contribution is -0.277. The van der Waals surface area contributed by atoms with Gasteiger partial charge in [0.25, 0.3) is 0 Å². The van der Waals surface area contributed by atoms with E-state index in [0.29, 0.717) is 6.07 Å². The van der Waals surface area contributed by atoms with E-state index in [1.54, 1.807) is 0 Å². The molecule has 0 amide bonds. The molecule has 5 unspecified atom stereocenters. The van der Waals surface area contributed by atoms with Crippen LogP contribution in [0.2, 0.25) is 0 Å². The van der Waals surface area contributed by atoms with Crippen molar-refractivity contribution in [2.45, 2.75) is 30.7 Å². The van der Waals surface area contributed by atoms with E-state index in [1.807, 2.05) is 0 Å². The monoisotopic (exact) mass is 694 g/mol. The Morgan fingerprint density at radius 2 is 1.36 bits per heavy atom. The Labute approximate surface area is 276 Å². The molecule has 2 aromatic heterocycles. The minimum atomic E-state index is -1.89. The number of hydrogen-bond donors (Lipinski definition) is 10. The summed E-state index contributed by atoms with van der Waals surface area (Å²) in [6, 6.07) is 6.05. The molecule has 3 heterocycles. The van der Waals surface area contributed by atoms with Gasteiger partial charge < -0.3 is 74.1 Å². The van der Waals surface area contributed by atoms with Crippen molar-refractivity contribution in [1.82, 2.24) is 0 Å². The number of aliphatic hydroxyl groups excluding tert-OH is 4. The molecule has 1 aliphatic heterocycles. The molecule has 0 saturated carbocycles. The Morgan fingerprint density at radius 1 is 0.680 bits per heavy atom. The molecule has 4 aromatic carbocycles. The zero-order valence-corrected chi connectivity index (χ0v) is 25.4. The molecule has 17 heteroatoms. The van der Waals surface area contributed by atoms with Gasteiger partial charge in [-0.15, -0.1) is 0 Å². The fourth-order valence-electron chi connectivity index (χ4n) is 6.08. The van der Waals surface area contributed by atoms with Crippen molar-refractivity contribution in [3.8, 4) is 57.1 Å². The van der Waals surface area contributed by atoms with Crippen LogP contribution in [0.3, 0.4) is 0 Å². The number of phenols is 6. The van der Waals surface area contributed by atoms with E-state index >= 15 is 0 Å². The van der Waals surface area contributed by atoms with E-state index < -0.39 is 132 Å². The van der Waals surface area contributed by atoms with Crippen molar-refractivity contribution >= 4 is 43.9 Å². The predicted octanol–water partition coefficient (Wildman–Crippen LogP) is 1.29. The van der Waals surface area contributed by atoms with Crippen LogP contribution in [-0.4, -0.2) is 95.5 Å². The Hall–Kier alpha value is -5.98. The topological polar surface area (TPSA) is 290 Å². The molecular formula is C33H26O17. The lowest BCUT2D eigenvalue weighted by atomic mass is 9.96. The highest BCUT2D eigenvalue weighted by molar-refractivity contribution is 6.09. The normalized spacial score (nSPS) is 20.9. The average Bonchev–Trinajstić information content (AvgIpc) is 3.07. The Kier molecular flexibility index (Phi) is 7.54. The number of aromatic hydroxyl groups is 6. The third kappa shape index (κ3) is 4.67. The molecule has 0 aliphatic carbocycles. The Morgan fingerprint density at radius 3 is 2.06 bits per heavy atom. The largest absolute Gasteiger partial charge is 0.507 e. The van der Waals surface area contributed by atoms with Gasteiger partial charge in [0.2, 0.25) is 17.1 Å². The first kappa shape index (κ1) is 32.6. The van der Waals surface area contributed by atoms with E-state index in [0.717, 1.165) is 24.3 Å². The van der Waals surface area contributed by atoms with E-state index in [4.69, 9.17) is 23.0 Å². The number of hydrogen-bond acceptors (Lipinski definition) is 17. The Bertz CT molecular complexity index is 2500. The maximum Gasteiger partial charge on any atom is 0.229 e. The van der Waals surface area contributed by atoms with Gasteiger partial charge in [-0.1, -0.05) is 0 Å². The van der Waals surface area contributed by atoms with Crippen LogP contribution >= 0.6 is 0 Å². The van der Waals surface area contributed by atoms with Crippen molar-refractivity contribution in [1.29, 1.82) is 0 Å². The molecule has 0 spiro atoms. The van der Waals surface area contributed by atoms with Crippen LogP contribution in [0.15, 0.2) is 54.8 Å². The van der Waals surface area contributed by atoms with E-state index in [1.165, 1.54) is 13.2 Å². The van der Waals surface area contributed by atoms with Gasteiger partial charge in [0.05, 0.1) is 19.3 Å². The number of phenolic OH excluding ortho intramolecular Hbond substituents is 6. The molecule has 0 radical (unpaired) electrons. The minimum absolute atomic E-state index is 0.116. The van der Waals surface area contributed by atoms with E-state index in [-0.39, 0.29) is 16.7 Å². The zero-order valence-electron chi connectivity index (χ0n) is 25.4. The van der Waals surface area contributed by atoms with Gasteiger partial charge >= 0.3 is 0 Å². The smallest absolute Gasteiger partial charge is 0.229 e. The highest BCUT2D eigenvalue weighted by Gasteiger charge is 2.45. The van der Waals surface area contributed by atoms with Crippen molar-refractivity contribution in [2.24, 2.45) is 0 Å². The molecule has 1 aliphatic rings. The maximum atomic E-state index is 14.1. The van der Waals surface area contributed by atoms with Gasteiger partial charge in [-0.05, 0) is 18.2 Å². The summed E-state index contributed by atoms with van der Waals surface area (Å²) >= 11 is 0. The van der Waals surface area contributed by atoms with Gasteiger partial charge in [-0.25, -0.2) is 0 Å². The molecule has 17 nitrogen and oxygen atoms in total. The lowest BCUT2D eigenvalue weighted by Gasteiger charge is -2.39. The summed E-state index contributed by atoms with van der Waals surface area (Å²) in [4.78, 5) is 27.7. The van der Waals surface area contributed by atoms with E-state index in [2.05, 4.69) is 0 Å². The predicted molar refractivity (Wildman–Crippen MR) is 170 cm³/mol. The quantitative estimate of drug-likeness (QED) is 0.0898. The number of fused-ring (bicyclic) bond motifs is 4. The van der Waals surface area contributed by atoms with Gasteiger partial charge in [0.15, 0.2) is 28.2 Å². The van der Waals surface area contributed by atoms with Gasteiger partial charge in [0.1, 0.15) is 86.0 Å². The average molecular weight is 695 g/mol. The van der Waals surface area contributed by atoms with Gasteiger partial charge in [0, 0.05) is 23.8 Å². The molecule has 50 heavy (non-hydrogen) atoms. The first-order chi connectivity index (χ1) is 23.8. The molecule has 6 aromatic rings. The number of benzene rings is 4. The molecule has 260 valence electrons. The fraction of sp³-hybridized carbons (Fsp3) is 0.212. The van der Waals surface area contributed by atoms with Crippen molar-refractivity contribution in [3.63, 3.8) is 0 Å². The second kappa shape index (κ2) is 11.6. The van der Waals surface area contributed by atoms with Crippen LogP contribution in [0.25, 0.3) is 55.0 Å². The van der Waals surface area contributed by atoms with Crippen molar-refractivity contribution in [3.05, 3.63) is 56.8 Å². The fourth-order valence-corrected chi connectivity index (χ4v) is 6.08. The first-order valence-electron chi connectivity index (χ1n) is 14.6. The van der Waals surface area contributed by atoms with Crippen LogP contribution in [0, 0.1) is 0 Å². The molecule has 10 N–H and O–H groups in total. The van der Waals surface area contributed by atoms with Crippen molar-refractivity contribution in [2.75, 3.05) is 13.7 Å². The minimum Gasteiger partial charge on any atom is -0.507 e. The SMILES string of the molecule is COc1cc(O)c2c(=O)c3c(O)c(-c4c(O)cc(O)c5c(=O)c6c(OC7OC(CO)C(O)C(O)C7O)ccc(O)c6oc45)cc(O)c3oc2c1. The third-order valence-electron chi connectivity index (χ3n) is 8.55. The Balaban J connectivity index is 1.48. The van der Waals surface area contributed by atoms with Crippen LogP contribution in [-0.2, 0) is 4.74 Å². The first-order valence-corrected chi connectivity index (χ1v) is 14.6. The molecule has 1 fully saturated rings. The summed E-state index contributed by atoms with van der Waals surface area (Å²) in [5.41, 5.74) is -5.11. The second-order valence-electron chi connectivity index (χ2n) is 11.5. The molecule has 5 atom stereocenters. The molecular weight excluding hydrogens is 668 g/mol. The lowest BCUT2D eigenvalue weighted by Crippen LogP contribution is -2.60. The standard InChI is InChI=1S/C33H26O17/c1-46-9-4-12(36)20-17(5-9)47-31-15(39)6-10(24(40)23(31)26(20)42)19-13(37)7-14(38)21-27(43)22-16(3-2-11(35)30(22)50-32(19)21)48-33-29(45)28(44)25(41)18(8-34)49-33/h2-7,18,25,28-29,33-41,44-45H,8H2,1H3. The van der Waals surface area contributed by atoms with Crippen molar-refractivity contribution < 1.29 is 74.1 Å². The number of rotatable bonds is 5. The maximum absolute atomic E-state index is 14.1. The van der Waals surface area contributed by atoms with Gasteiger partial charge in [-0.3, -0.25) is 9.59 Å². The summed E-state index contributed by atoms with van der Waals surface area (Å²) in [5.74, 6) is -4.87. The number of ether oxygens (including phenoxy) is 3. The van der Waals surface area contributed by atoms with Crippen LogP contribution in [0.4, 0.5) is 0 Å². The summed E-state index contributed by atoms with van der Waals surface area (Å²) in [5, 5.41) is 104. The highest BCUT2D eigenvalue weighted by Crippen LogP contribution is 2.49. The number of aliphatic hydroxyl groups is 4. The zero-order chi connectivity index (χ0) is 35.9.